The highest BCUT2D eigenvalue weighted by Crippen LogP contribution is 2.18. The molecular formula is C13H11N3OS. The summed E-state index contributed by atoms with van der Waals surface area (Å²) in [6.45, 7) is 0.381. The van der Waals surface area contributed by atoms with Gasteiger partial charge >= 0.3 is 0 Å². The number of nitriles is 1. The first-order chi connectivity index (χ1) is 8.70. The van der Waals surface area contributed by atoms with Crippen molar-refractivity contribution >= 4 is 22.9 Å². The molecule has 0 spiro atoms. The Morgan fingerprint density at radius 1 is 1.44 bits per heavy atom. The van der Waals surface area contributed by atoms with Crippen LogP contribution in [0, 0.1) is 11.3 Å². The molecule has 4 nitrogen and oxygen atoms in total. The van der Waals surface area contributed by atoms with Crippen LogP contribution < -0.4 is 11.1 Å². The third-order valence-electron chi connectivity index (χ3n) is 2.41. The maximum Gasteiger partial charge on any atom is 0.263 e. The molecule has 0 unspecified atom stereocenters. The lowest BCUT2D eigenvalue weighted by atomic mass is 10.1. The van der Waals surface area contributed by atoms with E-state index in [2.05, 4.69) is 11.4 Å². The van der Waals surface area contributed by atoms with Gasteiger partial charge in [-0.15, -0.1) is 11.3 Å². The predicted octanol–water partition coefficient (Wildman–Crippen LogP) is 2.13. The van der Waals surface area contributed by atoms with Crippen molar-refractivity contribution in [2.45, 2.75) is 6.54 Å². The number of carbonyl (C=O) groups excluding carboxylic acids is 1. The van der Waals surface area contributed by atoms with Gasteiger partial charge in [0, 0.05) is 6.54 Å². The van der Waals surface area contributed by atoms with Gasteiger partial charge in [0.1, 0.15) is 4.88 Å². The molecule has 0 bridgehead atoms. The number of nitrogens with one attached hydrogen (secondary N) is 1. The summed E-state index contributed by atoms with van der Waals surface area (Å²) in [6, 6.07) is 10.9. The molecule has 0 atom stereocenters. The molecule has 90 valence electrons. The Kier molecular flexibility index (Phi) is 3.60. The first kappa shape index (κ1) is 12.1. The highest BCUT2D eigenvalue weighted by atomic mass is 32.1. The number of thiophene rings is 1. The molecule has 0 aliphatic carbocycles. The number of benzene rings is 1. The van der Waals surface area contributed by atoms with Crippen molar-refractivity contribution in [2.75, 3.05) is 5.73 Å². The molecule has 0 aliphatic heterocycles. The zero-order chi connectivity index (χ0) is 13.0. The summed E-state index contributed by atoms with van der Waals surface area (Å²) < 4.78 is 0. The van der Waals surface area contributed by atoms with Crippen LogP contribution >= 0.6 is 11.3 Å². The van der Waals surface area contributed by atoms with Crippen LogP contribution in [-0.2, 0) is 6.54 Å². The molecule has 0 saturated heterocycles. The summed E-state index contributed by atoms with van der Waals surface area (Å²) >= 11 is 1.31. The van der Waals surface area contributed by atoms with Gasteiger partial charge in [0.25, 0.3) is 5.91 Å². The smallest absolute Gasteiger partial charge is 0.263 e. The third kappa shape index (κ3) is 2.67. The van der Waals surface area contributed by atoms with Gasteiger partial charge in [-0.3, -0.25) is 4.79 Å². The van der Waals surface area contributed by atoms with Crippen LogP contribution in [0.2, 0.25) is 0 Å². The van der Waals surface area contributed by atoms with E-state index < -0.39 is 0 Å². The lowest BCUT2D eigenvalue weighted by Gasteiger charge is -2.04. The maximum atomic E-state index is 11.8. The van der Waals surface area contributed by atoms with Crippen LogP contribution in [0.4, 0.5) is 5.69 Å². The lowest BCUT2D eigenvalue weighted by molar-refractivity contribution is 0.0956. The topological polar surface area (TPSA) is 78.9 Å². The molecule has 1 heterocycles. The van der Waals surface area contributed by atoms with Gasteiger partial charge in [-0.05, 0) is 29.1 Å². The minimum atomic E-state index is -0.190. The van der Waals surface area contributed by atoms with Crippen molar-refractivity contribution in [1.82, 2.24) is 5.32 Å². The normalized spacial score (nSPS) is 9.72. The molecule has 1 amide bonds. The van der Waals surface area contributed by atoms with Crippen LogP contribution in [0.1, 0.15) is 20.8 Å². The van der Waals surface area contributed by atoms with Gasteiger partial charge < -0.3 is 11.1 Å². The molecular weight excluding hydrogens is 246 g/mol. The Balaban J connectivity index is 2.02. The fourth-order valence-electron chi connectivity index (χ4n) is 1.52. The van der Waals surface area contributed by atoms with E-state index >= 15 is 0 Å². The zero-order valence-corrected chi connectivity index (χ0v) is 10.3. The molecule has 3 N–H and O–H groups in total. The number of amides is 1. The number of nitrogen functional groups attached to an aromatic ring is 1. The first-order valence-corrected chi connectivity index (χ1v) is 6.19. The van der Waals surface area contributed by atoms with Crippen LogP contribution in [0.15, 0.2) is 35.7 Å². The SMILES string of the molecule is N#Cc1cccc(CNC(=O)c2sccc2N)c1. The number of nitrogens with zero attached hydrogens (tertiary/aromatic N) is 1. The molecule has 1 aromatic carbocycles. The second-order valence-electron chi connectivity index (χ2n) is 3.70. The summed E-state index contributed by atoms with van der Waals surface area (Å²) in [4.78, 5) is 12.3. The summed E-state index contributed by atoms with van der Waals surface area (Å²) in [5.74, 6) is -0.190. The van der Waals surface area contributed by atoms with Crippen molar-refractivity contribution in [1.29, 1.82) is 5.26 Å². The van der Waals surface area contributed by atoms with E-state index in [1.807, 2.05) is 6.07 Å². The number of anilines is 1. The highest BCUT2D eigenvalue weighted by molar-refractivity contribution is 7.12. The van der Waals surface area contributed by atoms with Gasteiger partial charge in [0.05, 0.1) is 17.3 Å². The summed E-state index contributed by atoms with van der Waals surface area (Å²) in [6.07, 6.45) is 0. The molecule has 0 fully saturated rings. The number of hydrogen-bond donors (Lipinski definition) is 2. The fraction of sp³-hybridized carbons (Fsp3) is 0.0769. The van der Waals surface area contributed by atoms with Gasteiger partial charge in [0.15, 0.2) is 0 Å². The van der Waals surface area contributed by atoms with Crippen LogP contribution in [0.5, 0.6) is 0 Å². The minimum absolute atomic E-state index is 0.190. The standard InChI is InChI=1S/C13H11N3OS/c14-7-9-2-1-3-10(6-9)8-16-13(17)12-11(15)4-5-18-12/h1-6H,8,15H2,(H,16,17). The minimum Gasteiger partial charge on any atom is -0.397 e. The summed E-state index contributed by atoms with van der Waals surface area (Å²) in [7, 11) is 0. The Morgan fingerprint density at radius 2 is 2.28 bits per heavy atom. The largest absolute Gasteiger partial charge is 0.397 e. The first-order valence-electron chi connectivity index (χ1n) is 5.31. The fourth-order valence-corrected chi connectivity index (χ4v) is 2.25. The summed E-state index contributed by atoms with van der Waals surface area (Å²) in [5, 5.41) is 13.3. The average Bonchev–Trinajstić information content (AvgIpc) is 2.82. The highest BCUT2D eigenvalue weighted by Gasteiger charge is 2.10. The molecule has 0 radical (unpaired) electrons. The lowest BCUT2D eigenvalue weighted by Crippen LogP contribution is -2.22. The second kappa shape index (κ2) is 5.34. The summed E-state index contributed by atoms with van der Waals surface area (Å²) in [5.41, 5.74) is 7.62. The Labute approximate surface area is 109 Å². The predicted molar refractivity (Wildman–Crippen MR) is 71.1 cm³/mol. The third-order valence-corrected chi connectivity index (χ3v) is 3.34. The molecule has 2 rings (SSSR count). The molecule has 2 aromatic rings. The monoisotopic (exact) mass is 257 g/mol. The number of rotatable bonds is 3. The molecule has 0 saturated carbocycles. The number of hydrogen-bond acceptors (Lipinski definition) is 4. The molecule has 18 heavy (non-hydrogen) atoms. The number of nitrogens with two attached hydrogens (primary N) is 1. The second-order valence-corrected chi connectivity index (χ2v) is 4.62. The van der Waals surface area contributed by atoms with E-state index in [1.54, 1.807) is 29.6 Å². The Bertz CT molecular complexity index is 613. The Morgan fingerprint density at radius 3 is 2.94 bits per heavy atom. The van der Waals surface area contributed by atoms with Gasteiger partial charge in [-0.2, -0.15) is 5.26 Å². The van der Waals surface area contributed by atoms with Crippen molar-refractivity contribution in [3.63, 3.8) is 0 Å². The number of carbonyl (C=O) groups is 1. The van der Waals surface area contributed by atoms with Crippen LogP contribution in [0.25, 0.3) is 0 Å². The molecule has 0 aliphatic rings. The van der Waals surface area contributed by atoms with Crippen molar-refractivity contribution in [3.05, 3.63) is 51.7 Å². The van der Waals surface area contributed by atoms with Crippen LogP contribution in [0.3, 0.4) is 0 Å². The van der Waals surface area contributed by atoms with Crippen LogP contribution in [-0.4, -0.2) is 5.91 Å². The van der Waals surface area contributed by atoms with Gasteiger partial charge in [0.2, 0.25) is 0 Å². The average molecular weight is 257 g/mol. The van der Waals surface area contributed by atoms with E-state index in [0.717, 1.165) is 5.56 Å². The quantitative estimate of drug-likeness (QED) is 0.884. The van der Waals surface area contributed by atoms with Crippen molar-refractivity contribution in [3.8, 4) is 6.07 Å². The van der Waals surface area contributed by atoms with Gasteiger partial charge in [-0.25, -0.2) is 0 Å². The maximum absolute atomic E-state index is 11.8. The zero-order valence-electron chi connectivity index (χ0n) is 9.51. The van der Waals surface area contributed by atoms with E-state index in [9.17, 15) is 4.79 Å². The van der Waals surface area contributed by atoms with Crippen molar-refractivity contribution in [2.24, 2.45) is 0 Å². The van der Waals surface area contributed by atoms with E-state index in [0.29, 0.717) is 22.7 Å². The van der Waals surface area contributed by atoms with Crippen molar-refractivity contribution < 1.29 is 4.79 Å². The molecule has 5 heteroatoms. The van der Waals surface area contributed by atoms with E-state index in [-0.39, 0.29) is 5.91 Å². The van der Waals surface area contributed by atoms with E-state index in [4.69, 9.17) is 11.0 Å². The molecule has 1 aromatic heterocycles. The van der Waals surface area contributed by atoms with E-state index in [1.165, 1.54) is 11.3 Å². The Hall–Kier alpha value is -2.32. The van der Waals surface area contributed by atoms with Gasteiger partial charge in [-0.1, -0.05) is 12.1 Å².